The van der Waals surface area contributed by atoms with Crippen LogP contribution in [0.4, 0.5) is 4.39 Å². The third-order valence-electron chi connectivity index (χ3n) is 4.69. The number of halogens is 2. The lowest BCUT2D eigenvalue weighted by molar-refractivity contribution is 0.415. The molecule has 2 heterocycles. The molecule has 0 amide bonds. The summed E-state index contributed by atoms with van der Waals surface area (Å²) in [6.07, 6.45) is 0. The second kappa shape index (κ2) is 6.72. The first-order valence-corrected chi connectivity index (χ1v) is 10.3. The molecule has 6 heteroatoms. The van der Waals surface area contributed by atoms with E-state index >= 15 is 0 Å². The van der Waals surface area contributed by atoms with Crippen molar-refractivity contribution < 1.29 is 9.13 Å². The van der Waals surface area contributed by atoms with Crippen LogP contribution >= 0.6 is 27.3 Å². The van der Waals surface area contributed by atoms with E-state index in [0.717, 1.165) is 47.9 Å². The van der Waals surface area contributed by atoms with Crippen LogP contribution in [-0.2, 0) is 0 Å². The minimum absolute atomic E-state index is 0.240. The summed E-state index contributed by atoms with van der Waals surface area (Å²) in [5, 5.41) is 0. The SMILES string of the molecule is COc1ccc(-c2c(-c3ccc(Br)cc3)nc3sc4cc(F)ccc4n23)cc1. The van der Waals surface area contributed by atoms with Gasteiger partial charge in [0.2, 0.25) is 0 Å². The molecule has 0 atom stereocenters. The molecule has 0 aliphatic rings. The van der Waals surface area contributed by atoms with Gasteiger partial charge in [0.1, 0.15) is 11.6 Å². The third-order valence-corrected chi connectivity index (χ3v) is 6.22. The smallest absolute Gasteiger partial charge is 0.195 e. The second-order valence-electron chi connectivity index (χ2n) is 6.38. The molecule has 0 spiro atoms. The van der Waals surface area contributed by atoms with Gasteiger partial charge in [0.15, 0.2) is 4.96 Å². The quantitative estimate of drug-likeness (QED) is 0.301. The maximum atomic E-state index is 13.7. The number of nitrogens with zero attached hydrogens (tertiary/aromatic N) is 2. The number of ether oxygens (including phenoxy) is 1. The van der Waals surface area contributed by atoms with Crippen LogP contribution in [0, 0.1) is 5.82 Å². The Kier molecular flexibility index (Phi) is 4.18. The molecule has 5 rings (SSSR count). The molecule has 138 valence electrons. The van der Waals surface area contributed by atoms with E-state index in [1.807, 2.05) is 54.6 Å². The Labute approximate surface area is 173 Å². The fourth-order valence-corrected chi connectivity index (χ4v) is 4.68. The second-order valence-corrected chi connectivity index (χ2v) is 8.30. The summed E-state index contributed by atoms with van der Waals surface area (Å²) < 4.78 is 23.0. The van der Waals surface area contributed by atoms with Crippen LogP contribution in [0.1, 0.15) is 0 Å². The van der Waals surface area contributed by atoms with Crippen molar-refractivity contribution in [2.24, 2.45) is 0 Å². The van der Waals surface area contributed by atoms with Gasteiger partial charge >= 0.3 is 0 Å². The summed E-state index contributed by atoms with van der Waals surface area (Å²) in [4.78, 5) is 5.75. The highest BCUT2D eigenvalue weighted by atomic mass is 79.9. The molecule has 5 aromatic rings. The number of aromatic nitrogens is 2. The van der Waals surface area contributed by atoms with Crippen molar-refractivity contribution in [2.75, 3.05) is 7.11 Å². The van der Waals surface area contributed by atoms with E-state index in [4.69, 9.17) is 9.72 Å². The number of methoxy groups -OCH3 is 1. The standard InChI is InChI=1S/C22H14BrFN2OS/c1-27-17-9-4-14(5-10-17)21-20(13-2-6-15(23)7-3-13)25-22-26(21)18-11-8-16(24)12-19(18)28-22/h2-12H,1H3. The Morgan fingerprint density at radius 1 is 0.964 bits per heavy atom. The largest absolute Gasteiger partial charge is 0.497 e. The lowest BCUT2D eigenvalue weighted by atomic mass is 10.0. The molecule has 0 N–H and O–H groups in total. The normalized spacial score (nSPS) is 11.4. The van der Waals surface area contributed by atoms with Crippen LogP contribution in [0.3, 0.4) is 0 Å². The molecule has 3 nitrogen and oxygen atoms in total. The monoisotopic (exact) mass is 452 g/mol. The fourth-order valence-electron chi connectivity index (χ4n) is 3.37. The van der Waals surface area contributed by atoms with E-state index < -0.39 is 0 Å². The van der Waals surface area contributed by atoms with Crippen LogP contribution in [0.5, 0.6) is 5.75 Å². The van der Waals surface area contributed by atoms with Gasteiger partial charge in [-0.1, -0.05) is 39.4 Å². The summed E-state index contributed by atoms with van der Waals surface area (Å²) in [7, 11) is 1.65. The highest BCUT2D eigenvalue weighted by molar-refractivity contribution is 9.10. The van der Waals surface area contributed by atoms with Gasteiger partial charge in [-0.2, -0.15) is 0 Å². The molecule has 0 unspecified atom stereocenters. The van der Waals surface area contributed by atoms with Gasteiger partial charge in [0, 0.05) is 15.6 Å². The molecular formula is C22H14BrFN2OS. The number of hydrogen-bond acceptors (Lipinski definition) is 3. The van der Waals surface area contributed by atoms with Crippen LogP contribution in [0.15, 0.2) is 71.2 Å². The third kappa shape index (κ3) is 2.80. The predicted molar refractivity (Wildman–Crippen MR) is 116 cm³/mol. The van der Waals surface area contributed by atoms with E-state index in [0.29, 0.717) is 0 Å². The van der Waals surface area contributed by atoms with Crippen molar-refractivity contribution >= 4 is 42.4 Å². The Morgan fingerprint density at radius 3 is 2.39 bits per heavy atom. The van der Waals surface area contributed by atoms with Crippen molar-refractivity contribution in [2.45, 2.75) is 0 Å². The van der Waals surface area contributed by atoms with Crippen molar-refractivity contribution in [1.29, 1.82) is 0 Å². The number of imidazole rings is 1. The Hall–Kier alpha value is -2.70. The lowest BCUT2D eigenvalue weighted by Gasteiger charge is -2.07. The Balaban J connectivity index is 1.84. The molecule has 0 aliphatic carbocycles. The van der Waals surface area contributed by atoms with E-state index in [1.165, 1.54) is 17.4 Å². The maximum Gasteiger partial charge on any atom is 0.195 e. The van der Waals surface area contributed by atoms with Gasteiger partial charge in [0.25, 0.3) is 0 Å². The minimum Gasteiger partial charge on any atom is -0.497 e. The Morgan fingerprint density at radius 2 is 1.68 bits per heavy atom. The zero-order valence-corrected chi connectivity index (χ0v) is 17.2. The van der Waals surface area contributed by atoms with Gasteiger partial charge < -0.3 is 4.74 Å². The first kappa shape index (κ1) is 17.4. The van der Waals surface area contributed by atoms with E-state index in [9.17, 15) is 4.39 Å². The van der Waals surface area contributed by atoms with Gasteiger partial charge in [-0.3, -0.25) is 4.40 Å². The van der Waals surface area contributed by atoms with Crippen molar-refractivity contribution in [3.8, 4) is 28.3 Å². The average Bonchev–Trinajstić information content (AvgIpc) is 3.24. The zero-order chi connectivity index (χ0) is 19.3. The number of fused-ring (bicyclic) bond motifs is 3. The van der Waals surface area contributed by atoms with E-state index in [2.05, 4.69) is 20.3 Å². The van der Waals surface area contributed by atoms with Crippen LogP contribution in [0.2, 0.25) is 0 Å². The van der Waals surface area contributed by atoms with Crippen LogP contribution < -0.4 is 4.74 Å². The topological polar surface area (TPSA) is 26.5 Å². The van der Waals surface area contributed by atoms with Crippen LogP contribution in [-0.4, -0.2) is 16.5 Å². The summed E-state index contributed by atoms with van der Waals surface area (Å²) in [6.45, 7) is 0. The zero-order valence-electron chi connectivity index (χ0n) is 14.8. The number of hydrogen-bond donors (Lipinski definition) is 0. The molecule has 0 saturated carbocycles. The molecule has 0 bridgehead atoms. The number of benzene rings is 3. The summed E-state index contributed by atoms with van der Waals surface area (Å²) in [5.74, 6) is 0.558. The number of thiazole rings is 1. The minimum atomic E-state index is -0.240. The molecule has 2 aromatic heterocycles. The first-order chi connectivity index (χ1) is 13.6. The van der Waals surface area contributed by atoms with Gasteiger partial charge in [0.05, 0.1) is 28.7 Å². The summed E-state index contributed by atoms with van der Waals surface area (Å²) >= 11 is 4.98. The molecule has 28 heavy (non-hydrogen) atoms. The Bertz CT molecular complexity index is 1310. The lowest BCUT2D eigenvalue weighted by Crippen LogP contribution is -1.90. The highest BCUT2D eigenvalue weighted by Gasteiger charge is 2.20. The van der Waals surface area contributed by atoms with E-state index in [1.54, 1.807) is 13.2 Å². The molecule has 0 fully saturated rings. The highest BCUT2D eigenvalue weighted by Crippen LogP contribution is 2.39. The first-order valence-electron chi connectivity index (χ1n) is 8.65. The molecule has 0 radical (unpaired) electrons. The van der Waals surface area contributed by atoms with Gasteiger partial charge in [-0.05, 0) is 54.6 Å². The molecule has 3 aromatic carbocycles. The van der Waals surface area contributed by atoms with Gasteiger partial charge in [-0.15, -0.1) is 0 Å². The molecule has 0 saturated heterocycles. The van der Waals surface area contributed by atoms with E-state index in [-0.39, 0.29) is 5.82 Å². The van der Waals surface area contributed by atoms with Crippen molar-refractivity contribution in [3.05, 3.63) is 77.0 Å². The van der Waals surface area contributed by atoms with Gasteiger partial charge in [-0.25, -0.2) is 9.37 Å². The fraction of sp³-hybridized carbons (Fsp3) is 0.0455. The number of rotatable bonds is 3. The maximum absolute atomic E-state index is 13.7. The average molecular weight is 453 g/mol. The summed E-state index contributed by atoms with van der Waals surface area (Å²) in [5.41, 5.74) is 4.88. The predicted octanol–water partition coefficient (Wildman–Crippen LogP) is 6.79. The van der Waals surface area contributed by atoms with Crippen molar-refractivity contribution in [3.63, 3.8) is 0 Å². The van der Waals surface area contributed by atoms with Crippen molar-refractivity contribution in [1.82, 2.24) is 9.38 Å². The molecule has 0 aliphatic heterocycles. The van der Waals surface area contributed by atoms with Crippen LogP contribution in [0.25, 0.3) is 37.7 Å². The molecular weight excluding hydrogens is 439 g/mol. The summed E-state index contributed by atoms with van der Waals surface area (Å²) in [6, 6.07) is 20.9.